The monoisotopic (exact) mass is 365 g/mol. The first-order valence-corrected chi connectivity index (χ1v) is 10.2. The van der Waals surface area contributed by atoms with Gasteiger partial charge < -0.3 is 21.1 Å². The second-order valence-electron chi connectivity index (χ2n) is 7.51. The molecule has 0 aliphatic carbocycles. The van der Waals surface area contributed by atoms with Gasteiger partial charge in [0.1, 0.15) is 0 Å². The number of benzene rings is 1. The largest absolute Gasteiger partial charge is 0.481 e. The van der Waals surface area contributed by atoms with Crippen molar-refractivity contribution in [2.75, 3.05) is 38.2 Å². The molecule has 0 unspecified atom stereocenters. The van der Waals surface area contributed by atoms with Crippen LogP contribution in [0.5, 0.6) is 0 Å². The van der Waals surface area contributed by atoms with Crippen molar-refractivity contribution in [1.82, 2.24) is 10.2 Å². The molecule has 1 aromatic rings. The number of carboxylic acid groups (broad SMARTS) is 1. The molecule has 0 spiro atoms. The zero-order valence-electron chi connectivity index (χ0n) is 15.5. The number of carbonyl (C=O) groups is 1. The maximum absolute atomic E-state index is 11.3. The number of carboxylic acids is 1. The van der Waals surface area contributed by atoms with Crippen molar-refractivity contribution in [1.29, 1.82) is 0 Å². The normalized spacial score (nSPS) is 16.9. The molecule has 1 aromatic carbocycles. The fourth-order valence-electron chi connectivity index (χ4n) is 3.26. The lowest BCUT2D eigenvalue weighted by Crippen LogP contribution is -2.47. The van der Waals surface area contributed by atoms with Gasteiger partial charge in [-0.2, -0.15) is 0 Å². The number of nitrogens with two attached hydrogens (primary N) is 1. The van der Waals surface area contributed by atoms with E-state index in [1.165, 1.54) is 10.5 Å². The van der Waals surface area contributed by atoms with Crippen LogP contribution in [-0.2, 0) is 11.2 Å². The molecule has 1 aliphatic rings. The van der Waals surface area contributed by atoms with Gasteiger partial charge in [-0.15, -0.1) is 11.8 Å². The number of hydrogen-bond acceptors (Lipinski definition) is 5. The zero-order chi connectivity index (χ0) is 18.4. The van der Waals surface area contributed by atoms with E-state index in [1.807, 2.05) is 6.07 Å². The smallest absolute Gasteiger partial charge is 0.310 e. The average molecular weight is 366 g/mol. The lowest BCUT2D eigenvalue weighted by molar-refractivity contribution is -0.148. The summed E-state index contributed by atoms with van der Waals surface area (Å²) in [5.41, 5.74) is 7.47. The lowest BCUT2D eigenvalue weighted by atomic mass is 9.91. The highest BCUT2D eigenvalue weighted by Crippen LogP contribution is 2.22. The van der Waals surface area contributed by atoms with Gasteiger partial charge in [-0.3, -0.25) is 4.79 Å². The molecule has 1 saturated heterocycles. The van der Waals surface area contributed by atoms with E-state index in [2.05, 4.69) is 28.6 Å². The number of aliphatic carboxylic acids is 1. The van der Waals surface area contributed by atoms with E-state index in [0.717, 1.165) is 44.6 Å². The zero-order valence-corrected chi connectivity index (χ0v) is 16.4. The predicted octanol–water partition coefficient (Wildman–Crippen LogP) is 2.70. The molecular formula is C19H31N3O2S. The number of thioether (sulfide) groups is 1. The summed E-state index contributed by atoms with van der Waals surface area (Å²) in [6.45, 7) is 7.05. The van der Waals surface area contributed by atoms with Crippen LogP contribution in [0.15, 0.2) is 23.1 Å². The van der Waals surface area contributed by atoms with E-state index in [9.17, 15) is 9.90 Å². The van der Waals surface area contributed by atoms with Gasteiger partial charge in [-0.05, 0) is 82.8 Å². The summed E-state index contributed by atoms with van der Waals surface area (Å²) in [4.78, 5) is 14.8. The number of hydrogen-bond donors (Lipinski definition) is 3. The first kappa shape index (κ1) is 20.1. The van der Waals surface area contributed by atoms with Crippen LogP contribution in [0.2, 0.25) is 0 Å². The van der Waals surface area contributed by atoms with Gasteiger partial charge >= 0.3 is 5.97 Å². The van der Waals surface area contributed by atoms with Crippen LogP contribution in [0, 0.1) is 5.41 Å². The molecular weight excluding hydrogens is 334 g/mol. The van der Waals surface area contributed by atoms with Crippen LogP contribution < -0.4 is 11.1 Å². The number of rotatable bonds is 8. The van der Waals surface area contributed by atoms with Gasteiger partial charge in [0.15, 0.2) is 0 Å². The number of nitrogen functional groups attached to an aromatic ring is 1. The van der Waals surface area contributed by atoms with E-state index in [0.29, 0.717) is 12.6 Å². The minimum Gasteiger partial charge on any atom is -0.481 e. The molecule has 140 valence electrons. The summed E-state index contributed by atoms with van der Waals surface area (Å²) < 4.78 is 0. The number of piperidine rings is 1. The second kappa shape index (κ2) is 8.92. The Morgan fingerprint density at radius 3 is 2.68 bits per heavy atom. The summed E-state index contributed by atoms with van der Waals surface area (Å²) in [6.07, 6.45) is 5.14. The number of anilines is 1. The predicted molar refractivity (Wildman–Crippen MR) is 105 cm³/mol. The molecule has 0 saturated carbocycles. The van der Waals surface area contributed by atoms with E-state index < -0.39 is 11.4 Å². The number of likely N-dealkylation sites (tertiary alicyclic amines) is 1. The van der Waals surface area contributed by atoms with Crippen LogP contribution in [-0.4, -0.2) is 54.5 Å². The van der Waals surface area contributed by atoms with Gasteiger partial charge in [0.05, 0.1) is 5.41 Å². The summed E-state index contributed by atoms with van der Waals surface area (Å²) in [5.74, 6) is -0.724. The van der Waals surface area contributed by atoms with E-state index in [4.69, 9.17) is 5.73 Å². The minimum atomic E-state index is -0.724. The van der Waals surface area contributed by atoms with Crippen molar-refractivity contribution >= 4 is 23.4 Å². The molecule has 0 amide bonds. The summed E-state index contributed by atoms with van der Waals surface area (Å²) in [6, 6.07) is 6.74. The van der Waals surface area contributed by atoms with Crippen molar-refractivity contribution in [2.24, 2.45) is 5.41 Å². The van der Waals surface area contributed by atoms with E-state index in [1.54, 1.807) is 25.6 Å². The van der Waals surface area contributed by atoms with E-state index in [-0.39, 0.29) is 0 Å². The second-order valence-corrected chi connectivity index (χ2v) is 8.39. The summed E-state index contributed by atoms with van der Waals surface area (Å²) >= 11 is 1.74. The fraction of sp³-hybridized carbons (Fsp3) is 0.632. The Labute approximate surface area is 155 Å². The Bertz CT molecular complexity index is 584. The Balaban J connectivity index is 1.73. The maximum Gasteiger partial charge on any atom is 0.310 e. The average Bonchev–Trinajstić information content (AvgIpc) is 2.57. The molecule has 6 heteroatoms. The minimum absolute atomic E-state index is 0.508. The lowest BCUT2D eigenvalue weighted by Gasteiger charge is -2.36. The molecule has 0 aromatic heterocycles. The number of nitrogens with one attached hydrogen (secondary N) is 1. The van der Waals surface area contributed by atoms with Crippen LogP contribution >= 0.6 is 11.8 Å². The highest BCUT2D eigenvalue weighted by molar-refractivity contribution is 7.98. The third-order valence-electron chi connectivity index (χ3n) is 4.96. The first-order chi connectivity index (χ1) is 11.8. The van der Waals surface area contributed by atoms with E-state index >= 15 is 0 Å². The standard InChI is InChI=1S/C19H31N3O2S/c1-19(2,18(23)24)13-22-10-7-15(8-11-22)21-9-6-14-12-16(25-3)4-5-17(14)20/h4-5,12,15,21H,6-11,13,20H2,1-3H3,(H,23,24). The Hall–Kier alpha value is -1.24. The SMILES string of the molecule is CSc1ccc(N)c(CCNC2CCN(CC(C)(C)C(=O)O)CC2)c1. The van der Waals surface area contributed by atoms with Gasteiger partial charge in [-0.25, -0.2) is 0 Å². The highest BCUT2D eigenvalue weighted by atomic mass is 32.2. The first-order valence-electron chi connectivity index (χ1n) is 8.93. The molecule has 0 radical (unpaired) electrons. The van der Waals surface area contributed by atoms with Crippen LogP contribution in [0.1, 0.15) is 32.3 Å². The van der Waals surface area contributed by atoms with Crippen LogP contribution in [0.4, 0.5) is 5.69 Å². The topological polar surface area (TPSA) is 78.6 Å². The van der Waals surface area contributed by atoms with Crippen molar-refractivity contribution < 1.29 is 9.90 Å². The van der Waals surface area contributed by atoms with Gasteiger partial charge in [0.2, 0.25) is 0 Å². The molecule has 1 fully saturated rings. The van der Waals surface area contributed by atoms with Crippen LogP contribution in [0.25, 0.3) is 0 Å². The van der Waals surface area contributed by atoms with Crippen molar-refractivity contribution in [3.63, 3.8) is 0 Å². The molecule has 1 aliphatic heterocycles. The fourth-order valence-corrected chi connectivity index (χ4v) is 3.72. The molecule has 0 atom stereocenters. The molecule has 5 nitrogen and oxygen atoms in total. The van der Waals surface area contributed by atoms with Crippen molar-refractivity contribution in [3.8, 4) is 0 Å². The highest BCUT2D eigenvalue weighted by Gasteiger charge is 2.31. The Morgan fingerprint density at radius 2 is 2.08 bits per heavy atom. The van der Waals surface area contributed by atoms with Gasteiger partial charge in [0, 0.05) is 23.2 Å². The molecule has 2 rings (SSSR count). The van der Waals surface area contributed by atoms with Gasteiger partial charge in [-0.1, -0.05) is 0 Å². The summed E-state index contributed by atoms with van der Waals surface area (Å²) in [7, 11) is 0. The van der Waals surface area contributed by atoms with Crippen LogP contribution in [0.3, 0.4) is 0 Å². The van der Waals surface area contributed by atoms with Gasteiger partial charge in [0.25, 0.3) is 0 Å². The van der Waals surface area contributed by atoms with Crippen molar-refractivity contribution in [3.05, 3.63) is 23.8 Å². The Morgan fingerprint density at radius 1 is 1.40 bits per heavy atom. The maximum atomic E-state index is 11.3. The number of nitrogens with zero attached hydrogens (tertiary/aromatic N) is 1. The third-order valence-corrected chi connectivity index (χ3v) is 5.69. The molecule has 1 heterocycles. The molecule has 4 N–H and O–H groups in total. The molecule has 0 bridgehead atoms. The summed E-state index contributed by atoms with van der Waals surface area (Å²) in [5, 5.41) is 12.9. The van der Waals surface area contributed by atoms with Crippen molar-refractivity contribution in [2.45, 2.75) is 44.0 Å². The third kappa shape index (κ3) is 5.90. The quantitative estimate of drug-likeness (QED) is 0.486. The Kier molecular flexibility index (Phi) is 7.16. The molecule has 25 heavy (non-hydrogen) atoms.